The lowest BCUT2D eigenvalue weighted by Crippen LogP contribution is -2.41. The molecular weight excluding hydrogens is 320 g/mol. The molecule has 0 radical (unpaired) electrons. The van der Waals surface area contributed by atoms with Crippen LogP contribution in [-0.2, 0) is 16.0 Å². The first-order valence-electron chi connectivity index (χ1n) is 7.53. The van der Waals surface area contributed by atoms with E-state index in [9.17, 15) is 4.79 Å². The lowest BCUT2D eigenvalue weighted by molar-refractivity contribution is -0.124. The first-order chi connectivity index (χ1) is 10.7. The minimum atomic E-state index is -0.0187. The van der Waals surface area contributed by atoms with Crippen molar-refractivity contribution in [2.45, 2.75) is 18.9 Å². The summed E-state index contributed by atoms with van der Waals surface area (Å²) in [6.07, 6.45) is 1.13. The largest absolute Gasteiger partial charge is 0.493 e. The molecule has 0 saturated carbocycles. The van der Waals surface area contributed by atoms with E-state index in [0.29, 0.717) is 31.1 Å². The number of nitrogens with one attached hydrogen (secondary N) is 2. The molecule has 1 fully saturated rings. The van der Waals surface area contributed by atoms with Gasteiger partial charge in [-0.25, -0.2) is 0 Å². The smallest absolute Gasteiger partial charge is 0.222 e. The van der Waals surface area contributed by atoms with Crippen LogP contribution in [0, 0.1) is 0 Å². The van der Waals surface area contributed by atoms with Gasteiger partial charge < -0.3 is 24.8 Å². The SMILES string of the molecule is COc1ccc(CCNC(=O)CC2CNCCO2)cc1OC.Cl. The first-order valence-corrected chi connectivity index (χ1v) is 7.53. The summed E-state index contributed by atoms with van der Waals surface area (Å²) in [6.45, 7) is 2.86. The molecule has 1 atom stereocenters. The Balaban J connectivity index is 0.00000264. The van der Waals surface area contributed by atoms with Gasteiger partial charge in [-0.05, 0) is 24.1 Å². The van der Waals surface area contributed by atoms with E-state index in [0.717, 1.165) is 25.1 Å². The maximum atomic E-state index is 11.9. The van der Waals surface area contributed by atoms with Gasteiger partial charge in [0.25, 0.3) is 0 Å². The Hall–Kier alpha value is -1.50. The third-order valence-electron chi connectivity index (χ3n) is 3.60. The molecule has 6 nitrogen and oxygen atoms in total. The fourth-order valence-corrected chi connectivity index (χ4v) is 2.41. The van der Waals surface area contributed by atoms with Gasteiger partial charge in [-0.1, -0.05) is 6.07 Å². The predicted octanol–water partition coefficient (Wildman–Crippen LogP) is 1.16. The number of amides is 1. The number of halogens is 1. The number of hydrogen-bond donors (Lipinski definition) is 2. The summed E-state index contributed by atoms with van der Waals surface area (Å²) in [5.41, 5.74) is 1.09. The highest BCUT2D eigenvalue weighted by Crippen LogP contribution is 2.27. The number of hydrogen-bond acceptors (Lipinski definition) is 5. The number of morpholine rings is 1. The fourth-order valence-electron chi connectivity index (χ4n) is 2.41. The van der Waals surface area contributed by atoms with Crippen LogP contribution >= 0.6 is 12.4 Å². The second-order valence-electron chi connectivity index (χ2n) is 5.19. The van der Waals surface area contributed by atoms with Crippen LogP contribution in [0.2, 0.25) is 0 Å². The van der Waals surface area contributed by atoms with E-state index in [2.05, 4.69) is 10.6 Å². The molecule has 1 saturated heterocycles. The van der Waals surface area contributed by atoms with E-state index in [1.165, 1.54) is 0 Å². The molecule has 7 heteroatoms. The van der Waals surface area contributed by atoms with Gasteiger partial charge in [0.1, 0.15) is 0 Å². The van der Waals surface area contributed by atoms with Gasteiger partial charge in [0, 0.05) is 19.6 Å². The molecule has 0 bridgehead atoms. The Bertz CT molecular complexity index is 493. The lowest BCUT2D eigenvalue weighted by atomic mass is 10.1. The van der Waals surface area contributed by atoms with Crippen LogP contribution in [0.15, 0.2) is 18.2 Å². The van der Waals surface area contributed by atoms with Gasteiger partial charge in [0.2, 0.25) is 5.91 Å². The zero-order valence-corrected chi connectivity index (χ0v) is 14.4. The van der Waals surface area contributed by atoms with Crippen LogP contribution < -0.4 is 20.1 Å². The van der Waals surface area contributed by atoms with Crippen molar-refractivity contribution in [3.05, 3.63) is 23.8 Å². The van der Waals surface area contributed by atoms with Gasteiger partial charge in [-0.2, -0.15) is 0 Å². The molecule has 2 N–H and O–H groups in total. The Morgan fingerprint density at radius 3 is 2.78 bits per heavy atom. The maximum absolute atomic E-state index is 11.9. The van der Waals surface area contributed by atoms with Crippen LogP contribution in [0.4, 0.5) is 0 Å². The molecule has 1 unspecified atom stereocenters. The van der Waals surface area contributed by atoms with Crippen molar-refractivity contribution in [3.63, 3.8) is 0 Å². The Kier molecular flexibility index (Phi) is 8.76. The second kappa shape index (κ2) is 10.3. The molecule has 1 aliphatic heterocycles. The van der Waals surface area contributed by atoms with Gasteiger partial charge in [-0.3, -0.25) is 4.79 Å². The van der Waals surface area contributed by atoms with Crippen molar-refractivity contribution in [1.29, 1.82) is 0 Å². The number of carbonyl (C=O) groups excluding carboxylic acids is 1. The average Bonchev–Trinajstić information content (AvgIpc) is 2.55. The minimum Gasteiger partial charge on any atom is -0.493 e. The summed E-state index contributed by atoms with van der Waals surface area (Å²) in [5.74, 6) is 1.43. The van der Waals surface area contributed by atoms with E-state index in [1.807, 2.05) is 18.2 Å². The van der Waals surface area contributed by atoms with Crippen molar-refractivity contribution >= 4 is 18.3 Å². The molecule has 2 rings (SSSR count). The highest BCUT2D eigenvalue weighted by atomic mass is 35.5. The summed E-state index contributed by atoms with van der Waals surface area (Å²) in [4.78, 5) is 11.9. The standard InChI is InChI=1S/C16H24N2O4.ClH/c1-20-14-4-3-12(9-15(14)21-2)5-6-18-16(19)10-13-11-17-7-8-22-13;/h3-4,9,13,17H,5-8,10-11H2,1-2H3,(H,18,19);1H. The topological polar surface area (TPSA) is 68.8 Å². The molecule has 1 aromatic rings. The highest BCUT2D eigenvalue weighted by Gasteiger charge is 2.16. The first kappa shape index (κ1) is 19.5. The quantitative estimate of drug-likeness (QED) is 0.777. The van der Waals surface area contributed by atoms with E-state index in [1.54, 1.807) is 14.2 Å². The zero-order chi connectivity index (χ0) is 15.8. The number of ether oxygens (including phenoxy) is 3. The van der Waals surface area contributed by atoms with Gasteiger partial charge in [-0.15, -0.1) is 12.4 Å². The third-order valence-corrected chi connectivity index (χ3v) is 3.60. The Labute approximate surface area is 143 Å². The Morgan fingerprint density at radius 1 is 1.35 bits per heavy atom. The van der Waals surface area contributed by atoms with Gasteiger partial charge >= 0.3 is 0 Å². The fraction of sp³-hybridized carbons (Fsp3) is 0.562. The van der Waals surface area contributed by atoms with Gasteiger partial charge in [0.05, 0.1) is 33.4 Å². The molecule has 130 valence electrons. The summed E-state index contributed by atoms with van der Waals surface area (Å²) < 4.78 is 16.0. The van der Waals surface area contributed by atoms with Crippen LogP contribution in [0.5, 0.6) is 11.5 Å². The second-order valence-corrected chi connectivity index (χ2v) is 5.19. The third kappa shape index (κ3) is 6.25. The van der Waals surface area contributed by atoms with Crippen molar-refractivity contribution in [2.75, 3.05) is 40.5 Å². The number of carbonyl (C=O) groups is 1. The molecular formula is C16H25ClN2O4. The highest BCUT2D eigenvalue weighted by molar-refractivity contribution is 5.85. The lowest BCUT2D eigenvalue weighted by Gasteiger charge is -2.23. The van der Waals surface area contributed by atoms with Crippen molar-refractivity contribution in [1.82, 2.24) is 10.6 Å². The van der Waals surface area contributed by atoms with Gasteiger partial charge in [0.15, 0.2) is 11.5 Å². The van der Waals surface area contributed by atoms with Crippen LogP contribution in [-0.4, -0.2) is 52.5 Å². The van der Waals surface area contributed by atoms with Crippen LogP contribution in [0.25, 0.3) is 0 Å². The molecule has 1 aliphatic rings. The zero-order valence-electron chi connectivity index (χ0n) is 13.6. The summed E-state index contributed by atoms with van der Waals surface area (Å²) in [7, 11) is 3.22. The molecule has 1 heterocycles. The van der Waals surface area contributed by atoms with E-state index >= 15 is 0 Å². The van der Waals surface area contributed by atoms with Crippen molar-refractivity contribution in [2.24, 2.45) is 0 Å². The normalized spacial score (nSPS) is 17.0. The monoisotopic (exact) mass is 344 g/mol. The van der Waals surface area contributed by atoms with Crippen molar-refractivity contribution < 1.29 is 19.0 Å². The average molecular weight is 345 g/mol. The molecule has 0 spiro atoms. The van der Waals surface area contributed by atoms with E-state index in [-0.39, 0.29) is 24.4 Å². The molecule has 0 aliphatic carbocycles. The molecule has 23 heavy (non-hydrogen) atoms. The Morgan fingerprint density at radius 2 is 2.13 bits per heavy atom. The number of rotatable bonds is 7. The van der Waals surface area contributed by atoms with Crippen LogP contribution in [0.1, 0.15) is 12.0 Å². The minimum absolute atomic E-state index is 0. The van der Waals surface area contributed by atoms with E-state index in [4.69, 9.17) is 14.2 Å². The summed E-state index contributed by atoms with van der Waals surface area (Å²) >= 11 is 0. The molecule has 1 aromatic carbocycles. The number of methoxy groups -OCH3 is 2. The molecule has 1 amide bonds. The van der Waals surface area contributed by atoms with Crippen molar-refractivity contribution in [3.8, 4) is 11.5 Å². The summed E-state index contributed by atoms with van der Waals surface area (Å²) in [6, 6.07) is 5.78. The number of benzene rings is 1. The maximum Gasteiger partial charge on any atom is 0.222 e. The van der Waals surface area contributed by atoms with E-state index < -0.39 is 0 Å². The molecule has 0 aromatic heterocycles. The predicted molar refractivity (Wildman–Crippen MR) is 90.7 cm³/mol. The summed E-state index contributed by atoms with van der Waals surface area (Å²) in [5, 5.41) is 6.14. The van der Waals surface area contributed by atoms with Crippen LogP contribution in [0.3, 0.4) is 0 Å².